The average Bonchev–Trinajstić information content (AvgIpc) is 2.69. The van der Waals surface area contributed by atoms with Crippen LogP contribution < -0.4 is 0 Å². The maximum atomic E-state index is 11.2. The Morgan fingerprint density at radius 3 is 2.71 bits per heavy atom. The molecule has 0 saturated heterocycles. The van der Waals surface area contributed by atoms with Crippen LogP contribution in [0.15, 0.2) is 45.3 Å². The van der Waals surface area contributed by atoms with Gasteiger partial charge in [0.2, 0.25) is 0 Å². The second-order valence-electron chi connectivity index (χ2n) is 3.70. The Labute approximate surface area is 105 Å². The van der Waals surface area contributed by atoms with E-state index in [0.29, 0.717) is 16.6 Å². The van der Waals surface area contributed by atoms with E-state index < -0.39 is 5.97 Å². The Morgan fingerprint density at radius 1 is 1.18 bits per heavy atom. The van der Waals surface area contributed by atoms with Gasteiger partial charge in [-0.1, -0.05) is 18.2 Å². The molecule has 3 rings (SSSR count). The van der Waals surface area contributed by atoms with Gasteiger partial charge in [0.1, 0.15) is 11.2 Å². The number of hydrogen-bond donors (Lipinski definition) is 1. The van der Waals surface area contributed by atoms with Crippen molar-refractivity contribution in [1.29, 1.82) is 0 Å². The van der Waals surface area contributed by atoms with Gasteiger partial charge in [0.25, 0.3) is 0 Å². The lowest BCUT2D eigenvalue weighted by atomic mass is 10.1. The van der Waals surface area contributed by atoms with Crippen molar-refractivity contribution in [2.75, 3.05) is 0 Å². The highest BCUT2D eigenvalue weighted by Gasteiger charge is 2.15. The zero-order valence-corrected chi connectivity index (χ0v) is 10.2. The van der Waals surface area contributed by atoms with Crippen LogP contribution in [0.2, 0.25) is 0 Å². The van der Waals surface area contributed by atoms with Crippen LogP contribution in [0.25, 0.3) is 21.9 Å². The van der Waals surface area contributed by atoms with Gasteiger partial charge in [-0.15, -0.1) is 0 Å². The number of carbonyl (C=O) groups is 1. The number of carboxylic acid groups (broad SMARTS) is 1. The molecule has 1 aromatic heterocycles. The zero-order valence-electron chi connectivity index (χ0n) is 8.61. The summed E-state index contributed by atoms with van der Waals surface area (Å²) >= 11 is 3.40. The van der Waals surface area contributed by atoms with Gasteiger partial charge >= 0.3 is 5.97 Å². The highest BCUT2D eigenvalue weighted by Crippen LogP contribution is 2.35. The van der Waals surface area contributed by atoms with Gasteiger partial charge in [-0.25, -0.2) is 4.79 Å². The normalized spacial score (nSPS) is 11.1. The third-order valence-corrected chi connectivity index (χ3v) is 3.33. The van der Waals surface area contributed by atoms with E-state index >= 15 is 0 Å². The molecule has 0 saturated carbocycles. The van der Waals surface area contributed by atoms with Crippen LogP contribution in [-0.4, -0.2) is 11.1 Å². The van der Waals surface area contributed by atoms with Crippen molar-refractivity contribution in [3.05, 3.63) is 46.4 Å². The molecule has 17 heavy (non-hydrogen) atoms. The quantitative estimate of drug-likeness (QED) is 0.736. The number of rotatable bonds is 1. The first-order valence-electron chi connectivity index (χ1n) is 5.01. The molecule has 4 heteroatoms. The monoisotopic (exact) mass is 290 g/mol. The molecule has 1 N–H and O–H groups in total. The Morgan fingerprint density at radius 2 is 1.94 bits per heavy atom. The second kappa shape index (κ2) is 3.60. The summed E-state index contributed by atoms with van der Waals surface area (Å²) in [5.41, 5.74) is 1.53. The first-order valence-corrected chi connectivity index (χ1v) is 5.81. The SMILES string of the molecule is O=C(O)c1cccc2oc3c(Br)cccc3c12. The second-order valence-corrected chi connectivity index (χ2v) is 4.56. The summed E-state index contributed by atoms with van der Waals surface area (Å²) in [6.45, 7) is 0. The number of fused-ring (bicyclic) bond motifs is 3. The number of benzene rings is 2. The molecule has 0 radical (unpaired) electrons. The predicted molar refractivity (Wildman–Crippen MR) is 68.4 cm³/mol. The van der Waals surface area contributed by atoms with Crippen molar-refractivity contribution < 1.29 is 14.3 Å². The number of aromatic carboxylic acids is 1. The molecule has 0 spiro atoms. The molecular weight excluding hydrogens is 284 g/mol. The number of para-hydroxylation sites is 1. The van der Waals surface area contributed by atoms with Gasteiger partial charge in [0.05, 0.1) is 10.0 Å². The molecule has 1 heterocycles. The van der Waals surface area contributed by atoms with Gasteiger partial charge in [0.15, 0.2) is 0 Å². The highest BCUT2D eigenvalue weighted by molar-refractivity contribution is 9.10. The van der Waals surface area contributed by atoms with Crippen LogP contribution >= 0.6 is 15.9 Å². The van der Waals surface area contributed by atoms with Gasteiger partial charge in [-0.3, -0.25) is 0 Å². The Kier molecular flexibility index (Phi) is 2.19. The molecule has 0 aliphatic rings. The summed E-state index contributed by atoms with van der Waals surface area (Å²) in [6.07, 6.45) is 0. The minimum Gasteiger partial charge on any atom is -0.478 e. The average molecular weight is 291 g/mol. The van der Waals surface area contributed by atoms with Crippen LogP contribution in [-0.2, 0) is 0 Å². The fourth-order valence-corrected chi connectivity index (χ4v) is 2.44. The molecule has 3 aromatic rings. The zero-order chi connectivity index (χ0) is 12.0. The van der Waals surface area contributed by atoms with E-state index in [9.17, 15) is 9.90 Å². The Hall–Kier alpha value is -1.81. The molecular formula is C13H7BrO3. The van der Waals surface area contributed by atoms with E-state index in [0.717, 1.165) is 9.86 Å². The fraction of sp³-hybridized carbons (Fsp3) is 0. The van der Waals surface area contributed by atoms with Crippen molar-refractivity contribution in [1.82, 2.24) is 0 Å². The molecule has 2 aromatic carbocycles. The first kappa shape index (κ1) is 10.4. The van der Waals surface area contributed by atoms with Crippen molar-refractivity contribution in [2.45, 2.75) is 0 Å². The van der Waals surface area contributed by atoms with Crippen molar-refractivity contribution >= 4 is 43.8 Å². The van der Waals surface area contributed by atoms with E-state index in [1.165, 1.54) is 0 Å². The van der Waals surface area contributed by atoms with Gasteiger partial charge in [0, 0.05) is 10.8 Å². The lowest BCUT2D eigenvalue weighted by molar-refractivity contribution is 0.0699. The lowest BCUT2D eigenvalue weighted by Gasteiger charge is -1.96. The number of furan rings is 1. The Balaban J connectivity index is 2.59. The minimum absolute atomic E-state index is 0.263. The summed E-state index contributed by atoms with van der Waals surface area (Å²) in [4.78, 5) is 11.2. The molecule has 0 fully saturated rings. The maximum Gasteiger partial charge on any atom is 0.336 e. The first-order chi connectivity index (χ1) is 8.18. The van der Waals surface area contributed by atoms with Crippen molar-refractivity contribution in [3.63, 3.8) is 0 Å². The highest BCUT2D eigenvalue weighted by atomic mass is 79.9. The fourth-order valence-electron chi connectivity index (χ4n) is 1.99. The molecule has 0 aliphatic heterocycles. The molecule has 0 amide bonds. The van der Waals surface area contributed by atoms with Crippen LogP contribution in [0.5, 0.6) is 0 Å². The molecule has 3 nitrogen and oxygen atoms in total. The predicted octanol–water partition coefficient (Wildman–Crippen LogP) is 4.05. The molecule has 0 unspecified atom stereocenters. The lowest BCUT2D eigenvalue weighted by Crippen LogP contribution is -1.95. The summed E-state index contributed by atoms with van der Waals surface area (Å²) < 4.78 is 6.49. The van der Waals surface area contributed by atoms with Crippen LogP contribution in [0, 0.1) is 0 Å². The Bertz CT molecular complexity index is 743. The molecule has 0 aliphatic carbocycles. The summed E-state index contributed by atoms with van der Waals surface area (Å²) in [6, 6.07) is 10.6. The van der Waals surface area contributed by atoms with Gasteiger partial charge < -0.3 is 9.52 Å². The molecule has 84 valence electrons. The summed E-state index contributed by atoms with van der Waals surface area (Å²) in [5.74, 6) is -0.946. The van der Waals surface area contributed by atoms with Crippen molar-refractivity contribution in [3.8, 4) is 0 Å². The minimum atomic E-state index is -0.946. The van der Waals surface area contributed by atoms with Crippen LogP contribution in [0.1, 0.15) is 10.4 Å². The van der Waals surface area contributed by atoms with Gasteiger partial charge in [-0.2, -0.15) is 0 Å². The smallest absolute Gasteiger partial charge is 0.336 e. The third kappa shape index (κ3) is 1.45. The summed E-state index contributed by atoms with van der Waals surface area (Å²) in [7, 11) is 0. The molecule has 0 atom stereocenters. The number of halogens is 1. The van der Waals surface area contributed by atoms with E-state index in [1.807, 2.05) is 18.2 Å². The largest absolute Gasteiger partial charge is 0.478 e. The van der Waals surface area contributed by atoms with Crippen LogP contribution in [0.3, 0.4) is 0 Å². The summed E-state index contributed by atoms with van der Waals surface area (Å²) in [5, 5.41) is 10.6. The molecule has 0 bridgehead atoms. The maximum absolute atomic E-state index is 11.2. The van der Waals surface area contributed by atoms with Crippen LogP contribution in [0.4, 0.5) is 0 Å². The number of hydrogen-bond acceptors (Lipinski definition) is 2. The van der Waals surface area contributed by atoms with Gasteiger partial charge in [-0.05, 0) is 34.1 Å². The van der Waals surface area contributed by atoms with E-state index in [-0.39, 0.29) is 5.56 Å². The number of carboxylic acids is 1. The van der Waals surface area contributed by atoms with Crippen molar-refractivity contribution in [2.24, 2.45) is 0 Å². The van der Waals surface area contributed by atoms with E-state index in [1.54, 1.807) is 18.2 Å². The topological polar surface area (TPSA) is 50.4 Å². The third-order valence-electron chi connectivity index (χ3n) is 2.70. The van der Waals surface area contributed by atoms with E-state index in [4.69, 9.17) is 4.42 Å². The van der Waals surface area contributed by atoms with E-state index in [2.05, 4.69) is 15.9 Å². The standard InChI is InChI=1S/C13H7BrO3/c14-9-5-1-3-7-11-8(13(15)16)4-2-6-10(11)17-12(7)9/h1-6H,(H,15,16).